The molecule has 0 aliphatic heterocycles. The lowest BCUT2D eigenvalue weighted by atomic mass is 10.0. The number of carbonyl (C=O) groups is 1. The Bertz CT molecular complexity index is 1710. The standard InChI is InChI=1S/C28H26N4O3S/c1-17(2)27(32-36(34,35)20-13-11-18(3)12-14-20)28(33)31-22-10-6-7-19-15-25-26(16-21(19)22)30-24-9-5-4-8-23(24)29-25/h4-17,27,32H,1-3H3,(H,31,33)/t27-/m0/s1. The monoisotopic (exact) mass is 498 g/mol. The van der Waals surface area contributed by atoms with Crippen molar-refractivity contribution in [3.8, 4) is 0 Å². The van der Waals surface area contributed by atoms with Crippen molar-refractivity contribution in [2.75, 3.05) is 5.32 Å². The second kappa shape index (κ2) is 9.29. The summed E-state index contributed by atoms with van der Waals surface area (Å²) in [6.07, 6.45) is 0. The summed E-state index contributed by atoms with van der Waals surface area (Å²) in [5, 5.41) is 4.63. The zero-order chi connectivity index (χ0) is 25.4. The Balaban J connectivity index is 1.48. The number of para-hydroxylation sites is 2. The molecule has 0 saturated heterocycles. The average molecular weight is 499 g/mol. The second-order valence-electron chi connectivity index (χ2n) is 9.23. The van der Waals surface area contributed by atoms with Crippen molar-refractivity contribution < 1.29 is 13.2 Å². The van der Waals surface area contributed by atoms with Gasteiger partial charge in [0.2, 0.25) is 15.9 Å². The van der Waals surface area contributed by atoms with Gasteiger partial charge in [-0.25, -0.2) is 18.4 Å². The summed E-state index contributed by atoms with van der Waals surface area (Å²) >= 11 is 0. The molecule has 0 spiro atoms. The van der Waals surface area contributed by atoms with Gasteiger partial charge >= 0.3 is 0 Å². The molecule has 182 valence electrons. The van der Waals surface area contributed by atoms with Crippen LogP contribution in [0.4, 0.5) is 5.69 Å². The van der Waals surface area contributed by atoms with E-state index in [0.717, 1.165) is 32.9 Å². The fourth-order valence-electron chi connectivity index (χ4n) is 4.16. The van der Waals surface area contributed by atoms with Crippen LogP contribution < -0.4 is 10.0 Å². The zero-order valence-corrected chi connectivity index (χ0v) is 21.0. The molecule has 0 unspecified atom stereocenters. The molecule has 0 aliphatic carbocycles. The third kappa shape index (κ3) is 4.65. The maximum atomic E-state index is 13.3. The quantitative estimate of drug-likeness (QED) is 0.314. The smallest absolute Gasteiger partial charge is 0.242 e. The number of amides is 1. The molecule has 1 amide bonds. The second-order valence-corrected chi connectivity index (χ2v) is 10.9. The van der Waals surface area contributed by atoms with Crippen LogP contribution in [-0.4, -0.2) is 30.3 Å². The lowest BCUT2D eigenvalue weighted by Gasteiger charge is -2.22. The number of rotatable bonds is 6. The molecule has 8 heteroatoms. The van der Waals surface area contributed by atoms with Gasteiger partial charge in [0.05, 0.1) is 27.0 Å². The van der Waals surface area contributed by atoms with E-state index in [9.17, 15) is 13.2 Å². The lowest BCUT2D eigenvalue weighted by Crippen LogP contribution is -2.47. The number of nitrogens with one attached hydrogen (secondary N) is 2. The van der Waals surface area contributed by atoms with Crippen LogP contribution in [0, 0.1) is 12.8 Å². The number of carbonyl (C=O) groups excluding carboxylic acids is 1. The van der Waals surface area contributed by atoms with E-state index in [4.69, 9.17) is 9.97 Å². The van der Waals surface area contributed by atoms with E-state index in [-0.39, 0.29) is 10.8 Å². The normalized spacial score (nSPS) is 12.9. The highest BCUT2D eigenvalue weighted by molar-refractivity contribution is 7.89. The van der Waals surface area contributed by atoms with E-state index in [1.165, 1.54) is 12.1 Å². The summed E-state index contributed by atoms with van der Waals surface area (Å²) < 4.78 is 28.5. The Labute approximate surface area is 209 Å². The van der Waals surface area contributed by atoms with Crippen molar-refractivity contribution in [1.29, 1.82) is 0 Å². The van der Waals surface area contributed by atoms with Gasteiger partial charge in [-0.15, -0.1) is 0 Å². The van der Waals surface area contributed by atoms with Gasteiger partial charge < -0.3 is 5.32 Å². The number of nitrogens with zero attached hydrogens (tertiary/aromatic N) is 2. The van der Waals surface area contributed by atoms with Crippen molar-refractivity contribution in [1.82, 2.24) is 14.7 Å². The third-order valence-electron chi connectivity index (χ3n) is 6.16. The number of hydrogen-bond acceptors (Lipinski definition) is 5. The summed E-state index contributed by atoms with van der Waals surface area (Å²) in [4.78, 5) is 22.9. The Morgan fingerprint density at radius 3 is 2.08 bits per heavy atom. The van der Waals surface area contributed by atoms with Gasteiger partial charge in [0.25, 0.3) is 0 Å². The first-order valence-electron chi connectivity index (χ1n) is 11.7. The van der Waals surface area contributed by atoms with E-state index in [1.807, 2.05) is 55.5 Å². The molecule has 0 aliphatic rings. The molecule has 1 aromatic heterocycles. The van der Waals surface area contributed by atoms with Gasteiger partial charge in [0.15, 0.2) is 0 Å². The molecule has 4 aromatic carbocycles. The molecule has 2 N–H and O–H groups in total. The molecule has 7 nitrogen and oxygen atoms in total. The van der Waals surface area contributed by atoms with Crippen LogP contribution in [0.2, 0.25) is 0 Å². The molecule has 0 radical (unpaired) electrons. The first-order valence-corrected chi connectivity index (χ1v) is 13.2. The summed E-state index contributed by atoms with van der Waals surface area (Å²) in [5.74, 6) is -0.712. The van der Waals surface area contributed by atoms with Gasteiger partial charge in [0, 0.05) is 11.1 Å². The zero-order valence-electron chi connectivity index (χ0n) is 20.2. The van der Waals surface area contributed by atoms with Crippen molar-refractivity contribution in [2.24, 2.45) is 5.92 Å². The highest BCUT2D eigenvalue weighted by Crippen LogP contribution is 2.28. The van der Waals surface area contributed by atoms with Gasteiger partial charge in [-0.2, -0.15) is 4.72 Å². The summed E-state index contributed by atoms with van der Waals surface area (Å²) in [5.41, 5.74) is 4.60. The maximum Gasteiger partial charge on any atom is 0.242 e. The first kappa shape index (κ1) is 23.8. The predicted octanol–water partition coefficient (Wildman–Crippen LogP) is 5.19. The Morgan fingerprint density at radius 2 is 1.44 bits per heavy atom. The largest absolute Gasteiger partial charge is 0.324 e. The van der Waals surface area contributed by atoms with Crippen LogP contribution in [0.3, 0.4) is 0 Å². The van der Waals surface area contributed by atoms with Crippen LogP contribution in [0.15, 0.2) is 83.8 Å². The number of anilines is 1. The average Bonchev–Trinajstić information content (AvgIpc) is 2.85. The minimum atomic E-state index is -3.88. The number of fused-ring (bicyclic) bond motifs is 3. The summed E-state index contributed by atoms with van der Waals surface area (Å²) in [6, 6.07) is 22.7. The van der Waals surface area contributed by atoms with Crippen molar-refractivity contribution in [2.45, 2.75) is 31.7 Å². The predicted molar refractivity (Wildman–Crippen MR) is 143 cm³/mol. The van der Waals surface area contributed by atoms with Crippen molar-refractivity contribution in [3.63, 3.8) is 0 Å². The molecule has 1 heterocycles. The summed E-state index contributed by atoms with van der Waals surface area (Å²) in [6.45, 7) is 5.49. The Hall–Kier alpha value is -3.88. The van der Waals surface area contributed by atoms with E-state index >= 15 is 0 Å². The van der Waals surface area contributed by atoms with E-state index in [1.54, 1.807) is 32.0 Å². The van der Waals surface area contributed by atoms with Crippen molar-refractivity contribution in [3.05, 3.63) is 84.4 Å². The fraction of sp³-hybridized carbons (Fsp3) is 0.179. The van der Waals surface area contributed by atoms with E-state index in [0.29, 0.717) is 11.2 Å². The minimum absolute atomic E-state index is 0.119. The van der Waals surface area contributed by atoms with Gasteiger partial charge in [-0.3, -0.25) is 4.79 Å². The highest BCUT2D eigenvalue weighted by Gasteiger charge is 2.28. The van der Waals surface area contributed by atoms with E-state index in [2.05, 4.69) is 10.0 Å². The Morgan fingerprint density at radius 1 is 0.806 bits per heavy atom. The SMILES string of the molecule is Cc1ccc(S(=O)(=O)N[C@H](C(=O)Nc2cccc3cc4nc5ccccc5nc4cc23)C(C)C)cc1. The van der Waals surface area contributed by atoms with Crippen molar-refractivity contribution >= 4 is 54.5 Å². The molecule has 36 heavy (non-hydrogen) atoms. The molecule has 0 bridgehead atoms. The van der Waals surface area contributed by atoms with Crippen LogP contribution in [0.1, 0.15) is 19.4 Å². The fourth-order valence-corrected chi connectivity index (χ4v) is 5.50. The first-order chi connectivity index (χ1) is 17.2. The topological polar surface area (TPSA) is 101 Å². The molecule has 0 saturated carbocycles. The summed E-state index contributed by atoms with van der Waals surface area (Å²) in [7, 11) is -3.88. The molecular formula is C28H26N4O3S. The van der Waals surface area contributed by atoms with Gasteiger partial charge in [0.1, 0.15) is 6.04 Å². The van der Waals surface area contributed by atoms with Crippen LogP contribution >= 0.6 is 0 Å². The Kier molecular flexibility index (Phi) is 6.15. The highest BCUT2D eigenvalue weighted by atomic mass is 32.2. The minimum Gasteiger partial charge on any atom is -0.324 e. The number of aryl methyl sites for hydroxylation is 1. The van der Waals surface area contributed by atoms with Crippen LogP contribution in [-0.2, 0) is 14.8 Å². The molecule has 5 rings (SSSR count). The van der Waals surface area contributed by atoms with E-state index < -0.39 is 22.0 Å². The van der Waals surface area contributed by atoms with Gasteiger partial charge in [-0.05, 0) is 60.7 Å². The number of hydrogen-bond donors (Lipinski definition) is 2. The van der Waals surface area contributed by atoms with Crippen LogP contribution in [0.25, 0.3) is 32.8 Å². The maximum absolute atomic E-state index is 13.3. The lowest BCUT2D eigenvalue weighted by molar-refractivity contribution is -0.118. The van der Waals surface area contributed by atoms with Crippen LogP contribution in [0.5, 0.6) is 0 Å². The third-order valence-corrected chi connectivity index (χ3v) is 7.62. The molecule has 0 fully saturated rings. The number of aromatic nitrogens is 2. The number of sulfonamides is 1. The molecular weight excluding hydrogens is 472 g/mol. The molecule has 5 aromatic rings. The molecule has 1 atom stereocenters. The van der Waals surface area contributed by atoms with Gasteiger partial charge in [-0.1, -0.05) is 55.8 Å². The number of benzene rings is 4.